The maximum absolute atomic E-state index is 11.5. The third-order valence-electron chi connectivity index (χ3n) is 2.82. The van der Waals surface area contributed by atoms with Crippen molar-refractivity contribution in [3.05, 3.63) is 41.9 Å². The number of rotatable bonds is 2. The Kier molecular flexibility index (Phi) is 11.3. The molecule has 27 heavy (non-hydrogen) atoms. The number of hydrogen-bond acceptors (Lipinski definition) is 4. The van der Waals surface area contributed by atoms with E-state index in [2.05, 4.69) is 22.1 Å². The predicted octanol–water partition coefficient (Wildman–Crippen LogP) is 5.58. The van der Waals surface area contributed by atoms with Gasteiger partial charge in [-0.3, -0.25) is 0 Å². The summed E-state index contributed by atoms with van der Waals surface area (Å²) in [6.45, 7) is 15.6. The van der Waals surface area contributed by atoms with Crippen LogP contribution in [0, 0.1) is 18.8 Å². The topological polar surface area (TPSA) is 64.4 Å². The van der Waals surface area contributed by atoms with Crippen molar-refractivity contribution in [2.24, 2.45) is 0 Å². The van der Waals surface area contributed by atoms with Gasteiger partial charge in [0.1, 0.15) is 5.60 Å². The van der Waals surface area contributed by atoms with E-state index in [1.807, 2.05) is 73.6 Å². The van der Waals surface area contributed by atoms with Gasteiger partial charge in [-0.1, -0.05) is 51.2 Å². The van der Waals surface area contributed by atoms with E-state index in [0.717, 1.165) is 16.7 Å². The first-order valence-corrected chi connectivity index (χ1v) is 9.30. The van der Waals surface area contributed by atoms with Crippen molar-refractivity contribution >= 4 is 6.09 Å². The molecule has 2 aromatic rings. The van der Waals surface area contributed by atoms with Gasteiger partial charge in [-0.15, -0.1) is 0 Å². The zero-order valence-electron chi connectivity index (χ0n) is 17.8. The van der Waals surface area contributed by atoms with Crippen LogP contribution in [0.5, 0.6) is 0 Å². The van der Waals surface area contributed by atoms with Crippen molar-refractivity contribution in [1.29, 1.82) is 0 Å². The van der Waals surface area contributed by atoms with Gasteiger partial charge in [0, 0.05) is 11.1 Å². The molecule has 1 heterocycles. The Balaban J connectivity index is 0.00000158. The molecule has 0 unspecified atom stereocenters. The van der Waals surface area contributed by atoms with Crippen LogP contribution in [0.15, 0.2) is 35.2 Å². The van der Waals surface area contributed by atoms with Gasteiger partial charge in [0.25, 0.3) is 0 Å². The summed E-state index contributed by atoms with van der Waals surface area (Å²) in [4.78, 5) is 15.5. The maximum atomic E-state index is 11.5. The number of nitrogens with one attached hydrogen (secondary N) is 1. The number of amides is 1. The fourth-order valence-electron chi connectivity index (χ4n) is 1.89. The van der Waals surface area contributed by atoms with E-state index in [0.29, 0.717) is 5.76 Å². The van der Waals surface area contributed by atoms with Gasteiger partial charge in [0.2, 0.25) is 0 Å². The molecular formula is C22H32N2O3. The normalized spacial score (nSPS) is 9.48. The van der Waals surface area contributed by atoms with Crippen LogP contribution in [0.1, 0.15) is 59.6 Å². The molecule has 0 saturated heterocycles. The Labute approximate surface area is 163 Å². The zero-order valence-corrected chi connectivity index (χ0v) is 17.8. The number of hydrogen-bond donors (Lipinski definition) is 1. The second kappa shape index (κ2) is 12.6. The van der Waals surface area contributed by atoms with Gasteiger partial charge in [0.15, 0.2) is 12.2 Å². The number of aromatic nitrogens is 1. The molecule has 0 fully saturated rings. The number of oxazole rings is 1. The number of carbonyl (C=O) groups excluding carboxylic acids is 1. The van der Waals surface area contributed by atoms with Gasteiger partial charge in [-0.2, -0.15) is 0 Å². The largest absolute Gasteiger partial charge is 0.444 e. The van der Waals surface area contributed by atoms with Crippen LogP contribution < -0.4 is 5.32 Å². The SMILES string of the molecule is CC.CC.Cc1ccc(C#CCNC(=O)OC(C)(C)C)c(-c2cnco2)c1. The van der Waals surface area contributed by atoms with Crippen LogP contribution in [-0.2, 0) is 4.74 Å². The summed E-state index contributed by atoms with van der Waals surface area (Å²) in [6, 6.07) is 5.89. The summed E-state index contributed by atoms with van der Waals surface area (Å²) in [5.74, 6) is 6.62. The summed E-state index contributed by atoms with van der Waals surface area (Å²) in [5.41, 5.74) is 2.29. The van der Waals surface area contributed by atoms with Gasteiger partial charge in [0.05, 0.1) is 12.7 Å². The average Bonchev–Trinajstić information content (AvgIpc) is 3.16. The minimum absolute atomic E-state index is 0.207. The zero-order chi connectivity index (χ0) is 20.9. The summed E-state index contributed by atoms with van der Waals surface area (Å²) >= 11 is 0. The lowest BCUT2D eigenvalue weighted by molar-refractivity contribution is 0.0535. The molecule has 148 valence electrons. The van der Waals surface area contributed by atoms with Crippen LogP contribution in [0.4, 0.5) is 4.79 Å². The van der Waals surface area contributed by atoms with Crippen molar-refractivity contribution < 1.29 is 13.9 Å². The highest BCUT2D eigenvalue weighted by molar-refractivity contribution is 5.69. The van der Waals surface area contributed by atoms with Crippen molar-refractivity contribution in [2.75, 3.05) is 6.54 Å². The molecule has 2 rings (SSSR count). The van der Waals surface area contributed by atoms with Crippen LogP contribution in [-0.4, -0.2) is 23.2 Å². The second-order valence-corrected chi connectivity index (χ2v) is 6.07. The Morgan fingerprint density at radius 2 is 1.89 bits per heavy atom. The third kappa shape index (κ3) is 9.50. The van der Waals surface area contributed by atoms with Crippen LogP contribution >= 0.6 is 0 Å². The van der Waals surface area contributed by atoms with Gasteiger partial charge in [-0.25, -0.2) is 9.78 Å². The van der Waals surface area contributed by atoms with E-state index in [1.165, 1.54) is 6.39 Å². The molecule has 0 aliphatic carbocycles. The molecule has 0 saturated carbocycles. The number of nitrogens with zero attached hydrogens (tertiary/aromatic N) is 1. The first-order valence-electron chi connectivity index (χ1n) is 9.30. The van der Waals surface area contributed by atoms with E-state index >= 15 is 0 Å². The fraction of sp³-hybridized carbons (Fsp3) is 0.455. The molecule has 5 nitrogen and oxygen atoms in total. The van der Waals surface area contributed by atoms with Crippen molar-refractivity contribution in [3.8, 4) is 23.2 Å². The molecule has 0 radical (unpaired) electrons. The lowest BCUT2D eigenvalue weighted by Gasteiger charge is -2.19. The molecule has 1 aromatic heterocycles. The standard InChI is InChI=1S/C18H20N2O3.2C2H6/c1-13-7-8-14(15(10-13)16-11-19-12-22-16)6-5-9-20-17(21)23-18(2,3)4;2*1-2/h7-8,10-12H,9H2,1-4H3,(H,20,21);2*1-2H3. The molecule has 5 heteroatoms. The molecular weight excluding hydrogens is 340 g/mol. The van der Waals surface area contributed by atoms with Crippen molar-refractivity contribution in [3.63, 3.8) is 0 Å². The molecule has 0 spiro atoms. The number of aryl methyl sites for hydroxylation is 1. The predicted molar refractivity (Wildman–Crippen MR) is 110 cm³/mol. The van der Waals surface area contributed by atoms with Gasteiger partial charge in [-0.05, 0) is 39.8 Å². The summed E-state index contributed by atoms with van der Waals surface area (Å²) in [7, 11) is 0. The Hall–Kier alpha value is -2.74. The quantitative estimate of drug-likeness (QED) is 0.699. The van der Waals surface area contributed by atoms with Crippen molar-refractivity contribution in [2.45, 2.75) is 61.0 Å². The van der Waals surface area contributed by atoms with E-state index in [1.54, 1.807) is 6.20 Å². The Morgan fingerprint density at radius 3 is 2.44 bits per heavy atom. The van der Waals surface area contributed by atoms with Gasteiger partial charge >= 0.3 is 6.09 Å². The van der Waals surface area contributed by atoms with Gasteiger partial charge < -0.3 is 14.5 Å². The molecule has 0 aliphatic rings. The first-order chi connectivity index (χ1) is 12.8. The minimum atomic E-state index is -0.520. The van der Waals surface area contributed by atoms with E-state index in [-0.39, 0.29) is 6.54 Å². The Bertz CT molecular complexity index is 733. The average molecular weight is 373 g/mol. The smallest absolute Gasteiger partial charge is 0.408 e. The summed E-state index contributed by atoms with van der Waals surface area (Å²) in [6.07, 6.45) is 2.56. The summed E-state index contributed by atoms with van der Waals surface area (Å²) < 4.78 is 10.5. The fourth-order valence-corrected chi connectivity index (χ4v) is 1.89. The number of alkyl carbamates (subject to hydrolysis) is 1. The number of benzene rings is 1. The molecule has 0 bridgehead atoms. The maximum Gasteiger partial charge on any atom is 0.408 e. The molecule has 0 atom stereocenters. The molecule has 1 N–H and O–H groups in total. The lowest BCUT2D eigenvalue weighted by atomic mass is 10.0. The van der Waals surface area contributed by atoms with Crippen LogP contribution in [0.2, 0.25) is 0 Å². The highest BCUT2D eigenvalue weighted by Crippen LogP contribution is 2.23. The highest BCUT2D eigenvalue weighted by atomic mass is 16.6. The Morgan fingerprint density at radius 1 is 1.22 bits per heavy atom. The lowest BCUT2D eigenvalue weighted by Crippen LogP contribution is -2.32. The van der Waals surface area contributed by atoms with E-state index < -0.39 is 11.7 Å². The number of carbonyl (C=O) groups is 1. The molecule has 1 amide bonds. The third-order valence-corrected chi connectivity index (χ3v) is 2.82. The highest BCUT2D eigenvalue weighted by Gasteiger charge is 2.15. The first kappa shape index (κ1) is 24.3. The molecule has 0 aliphatic heterocycles. The summed E-state index contributed by atoms with van der Waals surface area (Å²) in [5, 5.41) is 2.60. The minimum Gasteiger partial charge on any atom is -0.444 e. The second-order valence-electron chi connectivity index (χ2n) is 6.07. The van der Waals surface area contributed by atoms with Crippen molar-refractivity contribution in [1.82, 2.24) is 10.3 Å². The van der Waals surface area contributed by atoms with Crippen LogP contribution in [0.3, 0.4) is 0 Å². The van der Waals surface area contributed by atoms with E-state index in [4.69, 9.17) is 9.15 Å². The number of ether oxygens (including phenoxy) is 1. The monoisotopic (exact) mass is 372 g/mol. The molecule has 1 aromatic carbocycles. The van der Waals surface area contributed by atoms with E-state index in [9.17, 15) is 4.79 Å². The van der Waals surface area contributed by atoms with Crippen LogP contribution in [0.25, 0.3) is 11.3 Å².